The number of hydrogen-bond donors (Lipinski definition) is 2. The quantitative estimate of drug-likeness (QED) is 0.412. The number of hydrogen-bond acceptors (Lipinski definition) is 5. The van der Waals surface area contributed by atoms with E-state index in [0.29, 0.717) is 22.8 Å². The summed E-state index contributed by atoms with van der Waals surface area (Å²) in [5.74, 6) is -0.208. The van der Waals surface area contributed by atoms with Crippen LogP contribution in [0.3, 0.4) is 0 Å². The maximum absolute atomic E-state index is 14.9. The molecule has 33 heavy (non-hydrogen) atoms. The zero-order valence-corrected chi connectivity index (χ0v) is 18.0. The molecule has 0 saturated heterocycles. The second kappa shape index (κ2) is 8.90. The standard InChI is InChI=1S/C25H24FN5O2/c26-20-12-17(10-11-21(20)30-25(32)33-14-16-6-2-1-3-7-16)19-13-31(18-8-4-5-9-18)24-22(19)23(27)28-15-29-24/h1-3,6-7,10-13,15,18H,4-5,8-9,14H2,(H,30,32)(H2,27,28,29). The van der Waals surface area contributed by atoms with Crippen LogP contribution in [0.25, 0.3) is 22.2 Å². The summed E-state index contributed by atoms with van der Waals surface area (Å²) in [6.45, 7) is 0.103. The predicted octanol–water partition coefficient (Wildman–Crippen LogP) is 5.68. The Morgan fingerprint density at radius 1 is 1.15 bits per heavy atom. The van der Waals surface area contributed by atoms with Crippen molar-refractivity contribution in [1.82, 2.24) is 14.5 Å². The van der Waals surface area contributed by atoms with Crippen molar-refractivity contribution in [2.45, 2.75) is 38.3 Å². The van der Waals surface area contributed by atoms with Crippen molar-refractivity contribution in [2.24, 2.45) is 0 Å². The molecule has 8 heteroatoms. The Hall–Kier alpha value is -3.94. The smallest absolute Gasteiger partial charge is 0.412 e. The highest BCUT2D eigenvalue weighted by molar-refractivity contribution is 6.01. The van der Waals surface area contributed by atoms with E-state index in [4.69, 9.17) is 10.5 Å². The number of nitrogens with two attached hydrogens (primary N) is 1. The van der Waals surface area contributed by atoms with Crippen LogP contribution >= 0.6 is 0 Å². The molecule has 0 spiro atoms. The second-order valence-corrected chi connectivity index (χ2v) is 8.23. The molecular weight excluding hydrogens is 421 g/mol. The van der Waals surface area contributed by atoms with Crippen LogP contribution in [0.4, 0.5) is 20.7 Å². The zero-order valence-electron chi connectivity index (χ0n) is 18.0. The minimum absolute atomic E-state index is 0.0422. The number of anilines is 2. The van der Waals surface area contributed by atoms with Crippen LogP contribution < -0.4 is 11.1 Å². The number of nitrogens with one attached hydrogen (secondary N) is 1. The molecule has 168 valence electrons. The number of amides is 1. The van der Waals surface area contributed by atoms with Gasteiger partial charge in [0.05, 0.1) is 11.1 Å². The molecule has 0 atom stereocenters. The number of benzene rings is 2. The van der Waals surface area contributed by atoms with Crippen LogP contribution in [-0.2, 0) is 11.3 Å². The first-order chi connectivity index (χ1) is 16.1. The van der Waals surface area contributed by atoms with E-state index in [1.54, 1.807) is 6.07 Å². The summed E-state index contributed by atoms with van der Waals surface area (Å²) >= 11 is 0. The summed E-state index contributed by atoms with van der Waals surface area (Å²) in [5.41, 5.74) is 9.25. The topological polar surface area (TPSA) is 95.1 Å². The second-order valence-electron chi connectivity index (χ2n) is 8.23. The minimum atomic E-state index is -0.721. The highest BCUT2D eigenvalue weighted by Gasteiger charge is 2.23. The number of ether oxygens (including phenoxy) is 1. The van der Waals surface area contributed by atoms with Gasteiger partial charge in [-0.05, 0) is 36.1 Å². The lowest BCUT2D eigenvalue weighted by Gasteiger charge is -2.12. The Kier molecular flexibility index (Phi) is 5.64. The maximum atomic E-state index is 14.9. The molecule has 7 nitrogen and oxygen atoms in total. The van der Waals surface area contributed by atoms with Crippen LogP contribution in [0.1, 0.15) is 37.3 Å². The molecule has 2 heterocycles. The lowest BCUT2D eigenvalue weighted by molar-refractivity contribution is 0.155. The van der Waals surface area contributed by atoms with Gasteiger partial charge in [-0.25, -0.2) is 19.2 Å². The van der Waals surface area contributed by atoms with E-state index < -0.39 is 11.9 Å². The fourth-order valence-corrected chi connectivity index (χ4v) is 4.44. The molecule has 1 aliphatic carbocycles. The average molecular weight is 445 g/mol. The van der Waals surface area contributed by atoms with E-state index >= 15 is 0 Å². The molecule has 1 fully saturated rings. The van der Waals surface area contributed by atoms with Crippen molar-refractivity contribution in [3.63, 3.8) is 0 Å². The van der Waals surface area contributed by atoms with Gasteiger partial charge in [-0.1, -0.05) is 49.2 Å². The Labute approximate surface area is 190 Å². The van der Waals surface area contributed by atoms with Crippen molar-refractivity contribution in [3.05, 3.63) is 72.4 Å². The first kappa shape index (κ1) is 20.9. The van der Waals surface area contributed by atoms with E-state index in [2.05, 4.69) is 19.9 Å². The van der Waals surface area contributed by atoms with Gasteiger partial charge in [-0.15, -0.1) is 0 Å². The summed E-state index contributed by atoms with van der Waals surface area (Å²) < 4.78 is 22.3. The third-order valence-electron chi connectivity index (χ3n) is 6.09. The minimum Gasteiger partial charge on any atom is -0.444 e. The Morgan fingerprint density at radius 3 is 2.70 bits per heavy atom. The Balaban J connectivity index is 1.39. The number of nitrogens with zero attached hydrogens (tertiary/aromatic N) is 3. The molecule has 2 aromatic heterocycles. The normalized spacial score (nSPS) is 14.0. The molecule has 1 aliphatic rings. The highest BCUT2D eigenvalue weighted by atomic mass is 19.1. The molecule has 0 bridgehead atoms. The molecule has 0 aliphatic heterocycles. The van der Waals surface area contributed by atoms with Gasteiger partial charge in [0, 0.05) is 17.8 Å². The number of rotatable bonds is 5. The summed E-state index contributed by atoms with van der Waals surface area (Å²) in [6, 6.07) is 14.3. The monoisotopic (exact) mass is 445 g/mol. The third kappa shape index (κ3) is 4.24. The van der Waals surface area contributed by atoms with Crippen LogP contribution in [0.15, 0.2) is 61.1 Å². The first-order valence-corrected chi connectivity index (χ1v) is 11.0. The van der Waals surface area contributed by atoms with Gasteiger partial charge in [0.15, 0.2) is 0 Å². The van der Waals surface area contributed by atoms with E-state index in [1.807, 2.05) is 36.5 Å². The summed E-state index contributed by atoms with van der Waals surface area (Å²) in [6.07, 6.45) is 7.24. The van der Waals surface area contributed by atoms with Gasteiger partial charge in [-0.3, -0.25) is 5.32 Å². The summed E-state index contributed by atoms with van der Waals surface area (Å²) in [5, 5.41) is 3.18. The molecule has 1 saturated carbocycles. The molecule has 2 aromatic carbocycles. The van der Waals surface area contributed by atoms with Crippen molar-refractivity contribution in [1.29, 1.82) is 0 Å². The molecule has 0 radical (unpaired) electrons. The number of carbonyl (C=O) groups is 1. The van der Waals surface area contributed by atoms with Crippen LogP contribution in [0, 0.1) is 5.82 Å². The summed E-state index contributed by atoms with van der Waals surface area (Å²) in [7, 11) is 0. The maximum Gasteiger partial charge on any atom is 0.412 e. The van der Waals surface area contributed by atoms with Crippen molar-refractivity contribution in [3.8, 4) is 11.1 Å². The lowest BCUT2D eigenvalue weighted by Crippen LogP contribution is -2.14. The largest absolute Gasteiger partial charge is 0.444 e. The van der Waals surface area contributed by atoms with Gasteiger partial charge in [-0.2, -0.15) is 0 Å². The molecular formula is C25H24FN5O2. The van der Waals surface area contributed by atoms with E-state index in [9.17, 15) is 9.18 Å². The van der Waals surface area contributed by atoms with Gasteiger partial charge in [0.2, 0.25) is 0 Å². The number of halogens is 1. The Bertz CT molecular complexity index is 1300. The summed E-state index contributed by atoms with van der Waals surface area (Å²) in [4.78, 5) is 20.7. The van der Waals surface area contributed by atoms with Crippen molar-refractivity contribution < 1.29 is 13.9 Å². The Morgan fingerprint density at radius 2 is 1.94 bits per heavy atom. The average Bonchev–Trinajstić information content (AvgIpc) is 3.48. The number of carbonyl (C=O) groups excluding carboxylic acids is 1. The van der Waals surface area contributed by atoms with Gasteiger partial charge in [0.25, 0.3) is 0 Å². The fraction of sp³-hybridized carbons (Fsp3) is 0.240. The number of fused-ring (bicyclic) bond motifs is 1. The van der Waals surface area contributed by atoms with Crippen molar-refractivity contribution in [2.75, 3.05) is 11.1 Å². The molecule has 1 amide bonds. The molecule has 4 aromatic rings. The number of aromatic nitrogens is 3. The fourth-order valence-electron chi connectivity index (χ4n) is 4.44. The highest BCUT2D eigenvalue weighted by Crippen LogP contribution is 2.39. The third-order valence-corrected chi connectivity index (χ3v) is 6.09. The van der Waals surface area contributed by atoms with Gasteiger partial charge < -0.3 is 15.0 Å². The first-order valence-electron chi connectivity index (χ1n) is 11.0. The number of nitrogen functional groups attached to an aromatic ring is 1. The molecule has 5 rings (SSSR count). The van der Waals surface area contributed by atoms with E-state index in [-0.39, 0.29) is 12.3 Å². The van der Waals surface area contributed by atoms with Crippen molar-refractivity contribution >= 4 is 28.6 Å². The van der Waals surface area contributed by atoms with Crippen LogP contribution in [0.5, 0.6) is 0 Å². The molecule has 3 N–H and O–H groups in total. The predicted molar refractivity (Wildman–Crippen MR) is 125 cm³/mol. The van der Waals surface area contributed by atoms with Gasteiger partial charge >= 0.3 is 6.09 Å². The lowest BCUT2D eigenvalue weighted by atomic mass is 10.1. The van der Waals surface area contributed by atoms with Gasteiger partial charge in [0.1, 0.15) is 30.2 Å². The zero-order chi connectivity index (χ0) is 22.8. The van der Waals surface area contributed by atoms with Crippen LogP contribution in [-0.4, -0.2) is 20.6 Å². The molecule has 0 unspecified atom stereocenters. The van der Waals surface area contributed by atoms with Crippen LogP contribution in [0.2, 0.25) is 0 Å². The SMILES string of the molecule is Nc1ncnc2c1c(-c1ccc(NC(=O)OCc3ccccc3)c(F)c1)cn2C1CCCC1. The van der Waals surface area contributed by atoms with E-state index in [1.165, 1.54) is 31.3 Å². The van der Waals surface area contributed by atoms with E-state index in [0.717, 1.165) is 29.6 Å².